The monoisotopic (exact) mass is 411 g/mol. The summed E-state index contributed by atoms with van der Waals surface area (Å²) in [6, 6.07) is 8.90. The second kappa shape index (κ2) is 10.8. The molecule has 1 aromatic carbocycles. The van der Waals surface area contributed by atoms with E-state index in [0.29, 0.717) is 22.6 Å². The minimum atomic E-state index is -0.130. The molecule has 3 heterocycles. The molecule has 1 fully saturated rings. The SMILES string of the molecule is CC.CC.CN(C)C1CCN(c2ccc(-c3coc4cc(O)ccc4c3=O)cn2)C1. The van der Waals surface area contributed by atoms with Gasteiger partial charge < -0.3 is 19.3 Å². The van der Waals surface area contributed by atoms with Gasteiger partial charge in [-0.1, -0.05) is 27.7 Å². The fraction of sp³-hybridized carbons (Fsp3) is 0.417. The quantitative estimate of drug-likeness (QED) is 0.670. The molecule has 30 heavy (non-hydrogen) atoms. The van der Waals surface area contributed by atoms with Gasteiger partial charge in [-0.2, -0.15) is 0 Å². The number of hydrogen-bond acceptors (Lipinski definition) is 6. The molecule has 6 heteroatoms. The largest absolute Gasteiger partial charge is 0.508 e. The number of rotatable bonds is 3. The number of nitrogens with zero attached hydrogens (tertiary/aromatic N) is 3. The van der Waals surface area contributed by atoms with Crippen LogP contribution in [0, 0.1) is 0 Å². The molecule has 2 aromatic heterocycles. The molecule has 1 aliphatic heterocycles. The number of phenolic OH excluding ortho intramolecular Hbond substituents is 1. The Morgan fingerprint density at radius 1 is 1.13 bits per heavy atom. The van der Waals surface area contributed by atoms with Crippen LogP contribution in [-0.2, 0) is 0 Å². The Morgan fingerprint density at radius 2 is 1.87 bits per heavy atom. The van der Waals surface area contributed by atoms with E-state index >= 15 is 0 Å². The third-order valence-corrected chi connectivity index (χ3v) is 5.03. The lowest BCUT2D eigenvalue weighted by molar-refractivity contribution is 0.315. The summed E-state index contributed by atoms with van der Waals surface area (Å²) >= 11 is 0. The Bertz CT molecular complexity index is 997. The van der Waals surface area contributed by atoms with Crippen LogP contribution in [0.4, 0.5) is 5.82 Å². The smallest absolute Gasteiger partial charge is 0.200 e. The van der Waals surface area contributed by atoms with Crippen molar-refractivity contribution < 1.29 is 9.52 Å². The maximum atomic E-state index is 12.7. The van der Waals surface area contributed by atoms with E-state index in [1.165, 1.54) is 18.4 Å². The van der Waals surface area contributed by atoms with Gasteiger partial charge in [-0.25, -0.2) is 4.98 Å². The van der Waals surface area contributed by atoms with Gasteiger partial charge in [-0.3, -0.25) is 4.79 Å². The van der Waals surface area contributed by atoms with Gasteiger partial charge in [-0.05, 0) is 44.8 Å². The van der Waals surface area contributed by atoms with Gasteiger partial charge in [0.15, 0.2) is 0 Å². The second-order valence-corrected chi connectivity index (χ2v) is 6.92. The summed E-state index contributed by atoms with van der Waals surface area (Å²) in [7, 11) is 4.20. The number of benzene rings is 1. The van der Waals surface area contributed by atoms with Crippen molar-refractivity contribution in [2.24, 2.45) is 0 Å². The van der Waals surface area contributed by atoms with E-state index in [1.54, 1.807) is 12.3 Å². The highest BCUT2D eigenvalue weighted by Gasteiger charge is 2.24. The molecule has 162 valence electrons. The Hall–Kier alpha value is -2.86. The van der Waals surface area contributed by atoms with E-state index in [-0.39, 0.29) is 11.2 Å². The van der Waals surface area contributed by atoms with E-state index in [1.807, 2.05) is 39.8 Å². The zero-order valence-corrected chi connectivity index (χ0v) is 18.8. The van der Waals surface area contributed by atoms with Crippen LogP contribution in [0.1, 0.15) is 34.1 Å². The predicted molar refractivity (Wildman–Crippen MR) is 124 cm³/mol. The first-order valence-corrected chi connectivity index (χ1v) is 10.7. The predicted octanol–water partition coefficient (Wildman–Crippen LogP) is 4.75. The Kier molecular flexibility index (Phi) is 8.42. The molecule has 0 saturated carbocycles. The molecule has 0 radical (unpaired) electrons. The highest BCUT2D eigenvalue weighted by molar-refractivity contribution is 5.82. The van der Waals surface area contributed by atoms with Gasteiger partial charge in [0.1, 0.15) is 23.4 Å². The molecular formula is C24H33N3O3. The molecule has 1 N–H and O–H groups in total. The van der Waals surface area contributed by atoms with Gasteiger partial charge in [-0.15, -0.1) is 0 Å². The summed E-state index contributed by atoms with van der Waals surface area (Å²) < 4.78 is 5.53. The number of hydrogen-bond donors (Lipinski definition) is 1. The molecule has 1 atom stereocenters. The van der Waals surface area contributed by atoms with Crippen molar-refractivity contribution in [2.75, 3.05) is 32.1 Å². The van der Waals surface area contributed by atoms with Gasteiger partial charge in [0.25, 0.3) is 0 Å². The van der Waals surface area contributed by atoms with Crippen LogP contribution >= 0.6 is 0 Å². The highest BCUT2D eigenvalue weighted by Crippen LogP contribution is 2.25. The van der Waals surface area contributed by atoms with E-state index in [4.69, 9.17) is 4.42 Å². The normalized spacial score (nSPS) is 15.4. The van der Waals surface area contributed by atoms with E-state index in [2.05, 4.69) is 28.9 Å². The van der Waals surface area contributed by atoms with Gasteiger partial charge in [0.05, 0.1) is 10.9 Å². The second-order valence-electron chi connectivity index (χ2n) is 6.92. The van der Waals surface area contributed by atoms with Crippen molar-refractivity contribution in [1.82, 2.24) is 9.88 Å². The number of aromatic hydroxyl groups is 1. The van der Waals surface area contributed by atoms with Crippen LogP contribution in [-0.4, -0.2) is 48.2 Å². The van der Waals surface area contributed by atoms with Crippen molar-refractivity contribution >= 4 is 16.8 Å². The fourth-order valence-electron chi connectivity index (χ4n) is 3.42. The Balaban J connectivity index is 0.000000757. The Labute approximate surface area is 178 Å². The van der Waals surface area contributed by atoms with Crippen LogP contribution < -0.4 is 10.3 Å². The minimum Gasteiger partial charge on any atom is -0.508 e. The molecule has 0 amide bonds. The molecule has 4 rings (SSSR count). The standard InChI is InChI=1S/C20H21N3O3.2C2H6/c1-22(2)14-7-8-23(11-14)19-6-3-13(10-21-19)17-12-26-18-9-15(24)4-5-16(18)20(17)25;2*1-2/h3-6,9-10,12,14,24H,7-8,11H2,1-2H3;2*1-2H3. The van der Waals surface area contributed by atoms with Gasteiger partial charge >= 0.3 is 0 Å². The molecule has 1 unspecified atom stereocenters. The molecule has 1 aliphatic rings. The third-order valence-electron chi connectivity index (χ3n) is 5.03. The lowest BCUT2D eigenvalue weighted by Crippen LogP contribution is -2.31. The number of aromatic nitrogens is 1. The summed E-state index contributed by atoms with van der Waals surface area (Å²) in [5.74, 6) is 0.995. The maximum Gasteiger partial charge on any atom is 0.200 e. The highest BCUT2D eigenvalue weighted by atomic mass is 16.3. The molecule has 1 saturated heterocycles. The zero-order valence-electron chi connectivity index (χ0n) is 18.8. The summed E-state index contributed by atoms with van der Waals surface area (Å²) in [5.41, 5.74) is 1.43. The molecule has 3 aromatic rings. The van der Waals surface area contributed by atoms with Crippen LogP contribution in [0.25, 0.3) is 22.1 Å². The molecule has 0 bridgehead atoms. The first-order chi connectivity index (χ1) is 14.5. The Morgan fingerprint density at radius 3 is 2.47 bits per heavy atom. The van der Waals surface area contributed by atoms with E-state index in [0.717, 1.165) is 30.9 Å². The number of anilines is 1. The summed E-state index contributed by atoms with van der Waals surface area (Å²) in [6.45, 7) is 9.94. The van der Waals surface area contributed by atoms with Gasteiger partial charge in [0.2, 0.25) is 5.43 Å². The number of phenols is 1. The lowest BCUT2D eigenvalue weighted by Gasteiger charge is -2.21. The van der Waals surface area contributed by atoms with Crippen molar-refractivity contribution in [3.63, 3.8) is 0 Å². The molecule has 6 nitrogen and oxygen atoms in total. The van der Waals surface area contributed by atoms with E-state index < -0.39 is 0 Å². The number of fused-ring (bicyclic) bond motifs is 1. The summed E-state index contributed by atoms with van der Waals surface area (Å²) in [4.78, 5) is 21.8. The molecule has 0 spiro atoms. The van der Waals surface area contributed by atoms with Crippen molar-refractivity contribution in [3.05, 3.63) is 53.0 Å². The summed E-state index contributed by atoms with van der Waals surface area (Å²) in [5, 5.41) is 9.96. The summed E-state index contributed by atoms with van der Waals surface area (Å²) in [6.07, 6.45) is 4.27. The van der Waals surface area contributed by atoms with Gasteiger partial charge in [0, 0.05) is 37.0 Å². The fourth-order valence-corrected chi connectivity index (χ4v) is 3.42. The first kappa shape index (κ1) is 23.4. The third kappa shape index (κ3) is 5.00. The van der Waals surface area contributed by atoms with E-state index in [9.17, 15) is 9.90 Å². The average Bonchev–Trinajstić information content (AvgIpc) is 3.28. The van der Waals surface area contributed by atoms with Crippen LogP contribution in [0.5, 0.6) is 5.75 Å². The number of pyridine rings is 1. The molecule has 0 aliphatic carbocycles. The van der Waals surface area contributed by atoms with Crippen LogP contribution in [0.15, 0.2) is 52.0 Å². The maximum absolute atomic E-state index is 12.7. The lowest BCUT2D eigenvalue weighted by atomic mass is 10.1. The van der Waals surface area contributed by atoms with Crippen LogP contribution in [0.2, 0.25) is 0 Å². The van der Waals surface area contributed by atoms with Crippen molar-refractivity contribution in [3.8, 4) is 16.9 Å². The average molecular weight is 412 g/mol. The van der Waals surface area contributed by atoms with Crippen molar-refractivity contribution in [1.29, 1.82) is 0 Å². The minimum absolute atomic E-state index is 0.0704. The molecular weight excluding hydrogens is 378 g/mol. The topological polar surface area (TPSA) is 69.8 Å². The zero-order chi connectivity index (χ0) is 22.3. The van der Waals surface area contributed by atoms with Crippen LogP contribution in [0.3, 0.4) is 0 Å². The van der Waals surface area contributed by atoms with Crippen molar-refractivity contribution in [2.45, 2.75) is 40.2 Å². The first-order valence-electron chi connectivity index (χ1n) is 10.7. The number of likely N-dealkylation sites (N-methyl/N-ethyl adjacent to an activating group) is 1.